The summed E-state index contributed by atoms with van der Waals surface area (Å²) in [6.45, 7) is 5.74. The first kappa shape index (κ1) is 17.7. The van der Waals surface area contributed by atoms with Gasteiger partial charge in [-0.2, -0.15) is 0 Å². The van der Waals surface area contributed by atoms with Gasteiger partial charge < -0.3 is 15.0 Å². The highest BCUT2D eigenvalue weighted by molar-refractivity contribution is 6.30. The Bertz CT molecular complexity index is 501. The van der Waals surface area contributed by atoms with E-state index in [1.807, 2.05) is 19.0 Å². The van der Waals surface area contributed by atoms with Crippen LogP contribution in [-0.2, 0) is 4.74 Å². The fourth-order valence-electron chi connectivity index (χ4n) is 1.83. The highest BCUT2D eigenvalue weighted by atomic mass is 35.5. The van der Waals surface area contributed by atoms with Crippen LogP contribution in [-0.4, -0.2) is 37.2 Å². The van der Waals surface area contributed by atoms with Crippen LogP contribution < -0.4 is 5.32 Å². The molecule has 1 amide bonds. The number of halogens is 2. The number of carbonyl (C=O) groups is 1. The summed E-state index contributed by atoms with van der Waals surface area (Å²) in [6, 6.07) is 4.18. The maximum absolute atomic E-state index is 14.1. The molecule has 0 radical (unpaired) electrons. The quantitative estimate of drug-likeness (QED) is 0.922. The molecule has 0 bridgehead atoms. The van der Waals surface area contributed by atoms with Crippen LogP contribution in [0.1, 0.15) is 32.4 Å². The van der Waals surface area contributed by atoms with E-state index in [0.29, 0.717) is 12.1 Å². The van der Waals surface area contributed by atoms with Gasteiger partial charge in [-0.1, -0.05) is 23.7 Å². The monoisotopic (exact) mass is 316 g/mol. The van der Waals surface area contributed by atoms with E-state index in [9.17, 15) is 9.18 Å². The van der Waals surface area contributed by atoms with Crippen LogP contribution in [0.2, 0.25) is 5.02 Å². The lowest BCUT2D eigenvalue weighted by Gasteiger charge is -2.26. The predicted octanol–water partition coefficient (Wildman–Crippen LogP) is 3.61. The van der Waals surface area contributed by atoms with Gasteiger partial charge in [0.15, 0.2) is 0 Å². The Hall–Kier alpha value is -1.33. The first-order valence-electron chi connectivity index (χ1n) is 6.68. The SMILES string of the molecule is CN(C)CC(NC(=O)OC(C)(C)C)c1cccc(Cl)c1F. The van der Waals surface area contributed by atoms with Crippen molar-refractivity contribution in [3.63, 3.8) is 0 Å². The minimum Gasteiger partial charge on any atom is -0.444 e. The molecule has 6 heteroatoms. The van der Waals surface area contributed by atoms with E-state index < -0.39 is 23.6 Å². The van der Waals surface area contributed by atoms with Gasteiger partial charge in [-0.3, -0.25) is 0 Å². The van der Waals surface area contributed by atoms with E-state index in [4.69, 9.17) is 16.3 Å². The van der Waals surface area contributed by atoms with Gasteiger partial charge in [0.2, 0.25) is 0 Å². The summed E-state index contributed by atoms with van der Waals surface area (Å²) in [4.78, 5) is 13.8. The van der Waals surface area contributed by atoms with E-state index in [-0.39, 0.29) is 5.02 Å². The standard InChI is InChI=1S/C15H22ClFN2O2/c1-15(2,3)21-14(20)18-12(9-19(4)5)10-7-6-8-11(16)13(10)17/h6-8,12H,9H2,1-5H3,(H,18,20). The van der Waals surface area contributed by atoms with E-state index >= 15 is 0 Å². The third-order valence-corrected chi connectivity index (χ3v) is 2.89. The van der Waals surface area contributed by atoms with Crippen molar-refractivity contribution in [3.05, 3.63) is 34.6 Å². The lowest BCUT2D eigenvalue weighted by atomic mass is 10.1. The van der Waals surface area contributed by atoms with Crippen molar-refractivity contribution in [2.75, 3.05) is 20.6 Å². The van der Waals surface area contributed by atoms with Gasteiger partial charge in [-0.15, -0.1) is 0 Å². The Balaban J connectivity index is 2.96. The molecule has 1 rings (SSSR count). The first-order valence-corrected chi connectivity index (χ1v) is 7.06. The number of nitrogens with one attached hydrogen (secondary N) is 1. The molecule has 1 aromatic carbocycles. The van der Waals surface area contributed by atoms with Crippen molar-refractivity contribution >= 4 is 17.7 Å². The first-order chi connectivity index (χ1) is 9.60. The average molecular weight is 317 g/mol. The van der Waals surface area contributed by atoms with Gasteiger partial charge in [-0.05, 0) is 40.9 Å². The molecule has 0 heterocycles. The van der Waals surface area contributed by atoms with Gasteiger partial charge >= 0.3 is 6.09 Å². The number of benzene rings is 1. The molecule has 0 fully saturated rings. The van der Waals surface area contributed by atoms with Gasteiger partial charge in [0.25, 0.3) is 0 Å². The second-order valence-corrected chi connectivity index (χ2v) is 6.51. The molecule has 1 atom stereocenters. The minimum atomic E-state index is -0.611. The van der Waals surface area contributed by atoms with Gasteiger partial charge in [0.1, 0.15) is 11.4 Å². The zero-order valence-corrected chi connectivity index (χ0v) is 13.8. The molecule has 0 aliphatic heterocycles. The Kier molecular flexibility index (Phi) is 5.98. The van der Waals surface area contributed by atoms with Crippen LogP contribution in [0.5, 0.6) is 0 Å². The maximum atomic E-state index is 14.1. The fourth-order valence-corrected chi connectivity index (χ4v) is 2.01. The second kappa shape index (κ2) is 7.09. The molecular weight excluding hydrogens is 295 g/mol. The summed E-state index contributed by atoms with van der Waals surface area (Å²) in [7, 11) is 3.68. The summed E-state index contributed by atoms with van der Waals surface area (Å²) in [5.74, 6) is -0.526. The van der Waals surface area contributed by atoms with Crippen LogP contribution in [0.4, 0.5) is 9.18 Å². The second-order valence-electron chi connectivity index (χ2n) is 6.10. The normalized spacial score (nSPS) is 13.1. The molecule has 0 spiro atoms. The van der Waals surface area contributed by atoms with Gasteiger partial charge in [0.05, 0.1) is 11.1 Å². The van der Waals surface area contributed by atoms with Crippen molar-refractivity contribution in [2.24, 2.45) is 0 Å². The van der Waals surface area contributed by atoms with Crippen molar-refractivity contribution in [3.8, 4) is 0 Å². The summed E-state index contributed by atoms with van der Waals surface area (Å²) in [5, 5.41) is 2.72. The van der Waals surface area contributed by atoms with E-state index in [2.05, 4.69) is 5.32 Å². The lowest BCUT2D eigenvalue weighted by Crippen LogP contribution is -2.39. The van der Waals surface area contributed by atoms with Crippen LogP contribution in [0, 0.1) is 5.82 Å². The maximum Gasteiger partial charge on any atom is 0.408 e. The number of amides is 1. The molecule has 0 saturated carbocycles. The molecule has 0 aliphatic carbocycles. The molecule has 4 nitrogen and oxygen atoms in total. The highest BCUT2D eigenvalue weighted by Crippen LogP contribution is 2.24. The third-order valence-electron chi connectivity index (χ3n) is 2.60. The molecule has 1 aromatic rings. The van der Waals surface area contributed by atoms with Crippen molar-refractivity contribution in [1.82, 2.24) is 10.2 Å². The lowest BCUT2D eigenvalue weighted by molar-refractivity contribution is 0.0495. The van der Waals surface area contributed by atoms with Gasteiger partial charge in [-0.25, -0.2) is 9.18 Å². The van der Waals surface area contributed by atoms with Crippen LogP contribution >= 0.6 is 11.6 Å². The molecular formula is C15H22ClFN2O2. The number of likely N-dealkylation sites (N-methyl/N-ethyl adjacent to an activating group) is 1. The molecule has 0 aromatic heterocycles. The molecule has 118 valence electrons. The van der Waals surface area contributed by atoms with Crippen molar-refractivity contribution in [2.45, 2.75) is 32.4 Å². The summed E-state index contributed by atoms with van der Waals surface area (Å²) in [5.41, 5.74) is -0.276. The van der Waals surface area contributed by atoms with E-state index in [1.54, 1.807) is 32.9 Å². The summed E-state index contributed by atoms with van der Waals surface area (Å²) >= 11 is 5.80. The number of alkyl carbamates (subject to hydrolysis) is 1. The highest BCUT2D eigenvalue weighted by Gasteiger charge is 2.23. The molecule has 0 saturated heterocycles. The van der Waals surface area contributed by atoms with Crippen LogP contribution in [0.15, 0.2) is 18.2 Å². The van der Waals surface area contributed by atoms with Crippen LogP contribution in [0.3, 0.4) is 0 Å². The number of nitrogens with zero attached hydrogens (tertiary/aromatic N) is 1. The summed E-state index contributed by atoms with van der Waals surface area (Å²) < 4.78 is 19.4. The Labute approximate surface area is 130 Å². The Morgan fingerprint density at radius 1 is 1.43 bits per heavy atom. The molecule has 1 N–H and O–H groups in total. The predicted molar refractivity (Wildman–Crippen MR) is 82.1 cm³/mol. The van der Waals surface area contributed by atoms with Gasteiger partial charge in [0, 0.05) is 12.1 Å². The smallest absolute Gasteiger partial charge is 0.408 e. The number of carbonyl (C=O) groups excluding carboxylic acids is 1. The summed E-state index contributed by atoms with van der Waals surface area (Å²) in [6.07, 6.45) is -0.589. The Morgan fingerprint density at radius 2 is 2.05 bits per heavy atom. The molecule has 21 heavy (non-hydrogen) atoms. The minimum absolute atomic E-state index is 0.0299. The number of rotatable bonds is 4. The fraction of sp³-hybridized carbons (Fsp3) is 0.533. The zero-order valence-electron chi connectivity index (χ0n) is 13.0. The number of ether oxygens (including phenoxy) is 1. The van der Waals surface area contributed by atoms with Crippen LogP contribution in [0.25, 0.3) is 0 Å². The number of hydrogen-bond acceptors (Lipinski definition) is 3. The number of hydrogen-bond donors (Lipinski definition) is 1. The Morgan fingerprint density at radius 3 is 2.57 bits per heavy atom. The zero-order chi connectivity index (χ0) is 16.2. The molecule has 0 aliphatic rings. The molecule has 1 unspecified atom stereocenters. The third kappa shape index (κ3) is 5.89. The topological polar surface area (TPSA) is 41.6 Å². The van der Waals surface area contributed by atoms with E-state index in [0.717, 1.165) is 0 Å². The average Bonchev–Trinajstić information content (AvgIpc) is 2.28. The van der Waals surface area contributed by atoms with E-state index in [1.165, 1.54) is 6.07 Å². The van der Waals surface area contributed by atoms with Crippen molar-refractivity contribution < 1.29 is 13.9 Å². The largest absolute Gasteiger partial charge is 0.444 e. The van der Waals surface area contributed by atoms with Crippen molar-refractivity contribution in [1.29, 1.82) is 0 Å².